The average Bonchev–Trinajstić information content (AvgIpc) is 2.95. The minimum absolute atomic E-state index is 0. The largest absolute Gasteiger partial charge is 0.354 e. The van der Waals surface area contributed by atoms with Crippen LogP contribution in [0.15, 0.2) is 5.38 Å². The lowest BCUT2D eigenvalue weighted by atomic mass is 9.98. The van der Waals surface area contributed by atoms with E-state index in [0.717, 1.165) is 30.2 Å². The van der Waals surface area contributed by atoms with Crippen molar-refractivity contribution in [2.45, 2.75) is 51.5 Å². The number of carbonyl (C=O) groups excluding carboxylic acids is 1. The molecule has 1 fully saturated rings. The zero-order chi connectivity index (χ0) is 13.9. The lowest BCUT2D eigenvalue weighted by molar-refractivity contribution is -0.120. The molecule has 2 heterocycles. The maximum atomic E-state index is 11.9. The predicted octanol–water partition coefficient (Wildman–Crippen LogP) is 2.69. The van der Waals surface area contributed by atoms with Crippen molar-refractivity contribution in [1.29, 1.82) is 0 Å². The Bertz CT molecular complexity index is 440. The molecule has 1 aromatic heterocycles. The van der Waals surface area contributed by atoms with Crippen LogP contribution >= 0.6 is 36.2 Å². The van der Waals surface area contributed by atoms with E-state index in [1.807, 2.05) is 5.38 Å². The highest BCUT2D eigenvalue weighted by atomic mass is 35.5. The number of thiazole rings is 1. The zero-order valence-corrected chi connectivity index (χ0v) is 15.2. The Balaban J connectivity index is 0.00000200. The first-order valence-corrected chi connectivity index (χ1v) is 7.78. The molecule has 0 radical (unpaired) electrons. The highest BCUT2D eigenvalue weighted by Gasteiger charge is 2.19. The Morgan fingerprint density at radius 2 is 2.19 bits per heavy atom. The molecule has 7 heteroatoms. The van der Waals surface area contributed by atoms with Gasteiger partial charge in [-0.2, -0.15) is 0 Å². The van der Waals surface area contributed by atoms with Crippen LogP contribution in [-0.2, 0) is 16.6 Å². The van der Waals surface area contributed by atoms with E-state index in [1.165, 1.54) is 6.42 Å². The number of carbonyl (C=O) groups is 1. The van der Waals surface area contributed by atoms with Gasteiger partial charge in [0.05, 0.1) is 17.1 Å². The first kappa shape index (κ1) is 20.6. The summed E-state index contributed by atoms with van der Waals surface area (Å²) in [6.45, 7) is 8.22. The summed E-state index contributed by atoms with van der Waals surface area (Å²) in [5.41, 5.74) is 0.944. The van der Waals surface area contributed by atoms with E-state index in [-0.39, 0.29) is 36.1 Å². The van der Waals surface area contributed by atoms with Crippen LogP contribution in [0.5, 0.6) is 0 Å². The lowest BCUT2D eigenvalue weighted by Gasteiger charge is -2.13. The molecule has 4 nitrogen and oxygen atoms in total. The average molecular weight is 354 g/mol. The van der Waals surface area contributed by atoms with Crippen LogP contribution in [-0.4, -0.2) is 30.0 Å². The molecule has 0 spiro atoms. The van der Waals surface area contributed by atoms with Crippen molar-refractivity contribution in [2.24, 2.45) is 0 Å². The Morgan fingerprint density at radius 1 is 1.48 bits per heavy atom. The van der Waals surface area contributed by atoms with E-state index in [9.17, 15) is 4.79 Å². The molecule has 1 aliphatic rings. The highest BCUT2D eigenvalue weighted by molar-refractivity contribution is 7.09. The summed E-state index contributed by atoms with van der Waals surface area (Å²) >= 11 is 1.64. The third-order valence-electron chi connectivity index (χ3n) is 3.24. The molecule has 1 atom stereocenters. The van der Waals surface area contributed by atoms with Crippen LogP contribution in [0.3, 0.4) is 0 Å². The van der Waals surface area contributed by atoms with Gasteiger partial charge < -0.3 is 10.6 Å². The summed E-state index contributed by atoms with van der Waals surface area (Å²) in [6.07, 6.45) is 2.76. The standard InChI is InChI=1S/C14H23N3OS.2ClH/c1-14(2,3)13-17-11(9-19-13)7-12(18)16-8-10-5-4-6-15-10;;/h9-10,15H,4-8H2,1-3H3,(H,16,18);2*1H. The first-order valence-electron chi connectivity index (χ1n) is 6.90. The van der Waals surface area contributed by atoms with E-state index in [2.05, 4.69) is 36.4 Å². The fourth-order valence-corrected chi connectivity index (χ4v) is 3.03. The lowest BCUT2D eigenvalue weighted by Crippen LogP contribution is -2.37. The number of amides is 1. The molecular formula is C14H25Cl2N3OS. The van der Waals surface area contributed by atoms with E-state index >= 15 is 0 Å². The zero-order valence-electron chi connectivity index (χ0n) is 12.8. The van der Waals surface area contributed by atoms with Crippen LogP contribution in [0.2, 0.25) is 0 Å². The van der Waals surface area contributed by atoms with Crippen LogP contribution < -0.4 is 10.6 Å². The van der Waals surface area contributed by atoms with Gasteiger partial charge in [-0.05, 0) is 19.4 Å². The summed E-state index contributed by atoms with van der Waals surface area (Å²) in [5.74, 6) is 0.0689. The van der Waals surface area contributed by atoms with Crippen LogP contribution in [0.1, 0.15) is 44.3 Å². The van der Waals surface area contributed by atoms with Crippen LogP contribution in [0.4, 0.5) is 0 Å². The topological polar surface area (TPSA) is 54.0 Å². The van der Waals surface area contributed by atoms with Crippen molar-refractivity contribution >= 4 is 42.1 Å². The van der Waals surface area contributed by atoms with Crippen LogP contribution in [0.25, 0.3) is 0 Å². The molecular weight excluding hydrogens is 329 g/mol. The van der Waals surface area contributed by atoms with Gasteiger partial charge in [-0.1, -0.05) is 20.8 Å². The van der Waals surface area contributed by atoms with Crippen molar-refractivity contribution in [3.05, 3.63) is 16.1 Å². The molecule has 0 aromatic carbocycles. The SMILES string of the molecule is CC(C)(C)c1nc(CC(=O)NCC2CCCN2)cs1.Cl.Cl. The van der Waals surface area contributed by atoms with Crippen molar-refractivity contribution in [2.75, 3.05) is 13.1 Å². The molecule has 1 aliphatic heterocycles. The third-order valence-corrected chi connectivity index (χ3v) is 4.56. The van der Waals surface area contributed by atoms with E-state index < -0.39 is 0 Å². The maximum absolute atomic E-state index is 11.9. The number of hydrogen-bond donors (Lipinski definition) is 2. The van der Waals surface area contributed by atoms with Gasteiger partial charge in [0.25, 0.3) is 0 Å². The Kier molecular flexibility index (Phi) is 8.78. The van der Waals surface area contributed by atoms with Crippen LogP contribution in [0, 0.1) is 0 Å². The van der Waals surface area contributed by atoms with Gasteiger partial charge in [0.15, 0.2) is 0 Å². The normalized spacial score (nSPS) is 17.8. The van der Waals surface area contributed by atoms with Crippen molar-refractivity contribution in [3.8, 4) is 0 Å². The van der Waals surface area contributed by atoms with Crippen molar-refractivity contribution in [3.63, 3.8) is 0 Å². The van der Waals surface area contributed by atoms with Crippen molar-refractivity contribution in [1.82, 2.24) is 15.6 Å². The molecule has 0 bridgehead atoms. The number of halogens is 2. The minimum Gasteiger partial charge on any atom is -0.354 e. The molecule has 21 heavy (non-hydrogen) atoms. The fourth-order valence-electron chi connectivity index (χ4n) is 2.13. The van der Waals surface area contributed by atoms with Gasteiger partial charge >= 0.3 is 0 Å². The first-order chi connectivity index (χ1) is 8.95. The number of nitrogens with zero attached hydrogens (tertiary/aromatic N) is 1. The highest BCUT2D eigenvalue weighted by Crippen LogP contribution is 2.25. The second-order valence-electron chi connectivity index (χ2n) is 6.17. The minimum atomic E-state index is 0. The molecule has 1 amide bonds. The summed E-state index contributed by atoms with van der Waals surface area (Å²) in [6, 6.07) is 0.449. The summed E-state index contributed by atoms with van der Waals surface area (Å²) in [5, 5.41) is 9.44. The fraction of sp³-hybridized carbons (Fsp3) is 0.714. The summed E-state index contributed by atoms with van der Waals surface area (Å²) < 4.78 is 0. The Morgan fingerprint density at radius 3 is 2.71 bits per heavy atom. The second kappa shape index (κ2) is 8.93. The number of hydrogen-bond acceptors (Lipinski definition) is 4. The Hall–Kier alpha value is -0.360. The molecule has 1 aromatic rings. The molecule has 2 N–H and O–H groups in total. The van der Waals surface area contributed by atoms with E-state index in [1.54, 1.807) is 11.3 Å². The van der Waals surface area contributed by atoms with Gasteiger partial charge in [0.2, 0.25) is 5.91 Å². The quantitative estimate of drug-likeness (QED) is 0.874. The second-order valence-corrected chi connectivity index (χ2v) is 7.03. The van der Waals surface area contributed by atoms with Gasteiger partial charge in [0, 0.05) is 23.4 Å². The number of rotatable bonds is 4. The number of aromatic nitrogens is 1. The predicted molar refractivity (Wildman–Crippen MR) is 93.0 cm³/mol. The van der Waals surface area contributed by atoms with E-state index in [0.29, 0.717) is 12.5 Å². The molecule has 1 unspecified atom stereocenters. The Labute approximate surface area is 143 Å². The van der Waals surface area contributed by atoms with Gasteiger partial charge in [0.1, 0.15) is 0 Å². The molecule has 1 saturated heterocycles. The smallest absolute Gasteiger partial charge is 0.226 e. The molecule has 122 valence electrons. The van der Waals surface area contributed by atoms with Gasteiger partial charge in [-0.3, -0.25) is 4.79 Å². The maximum Gasteiger partial charge on any atom is 0.226 e. The molecule has 2 rings (SSSR count). The third kappa shape index (κ3) is 6.51. The molecule has 0 saturated carbocycles. The van der Waals surface area contributed by atoms with Gasteiger partial charge in [-0.25, -0.2) is 4.98 Å². The number of nitrogens with one attached hydrogen (secondary N) is 2. The summed E-state index contributed by atoms with van der Waals surface area (Å²) in [7, 11) is 0. The molecule has 0 aliphatic carbocycles. The monoisotopic (exact) mass is 353 g/mol. The van der Waals surface area contributed by atoms with E-state index in [4.69, 9.17) is 0 Å². The van der Waals surface area contributed by atoms with Crippen molar-refractivity contribution < 1.29 is 4.79 Å². The summed E-state index contributed by atoms with van der Waals surface area (Å²) in [4.78, 5) is 16.4. The van der Waals surface area contributed by atoms with Gasteiger partial charge in [-0.15, -0.1) is 36.2 Å².